The van der Waals surface area contributed by atoms with Crippen LogP contribution < -0.4 is 5.14 Å². The summed E-state index contributed by atoms with van der Waals surface area (Å²) in [6, 6.07) is 0. The summed E-state index contributed by atoms with van der Waals surface area (Å²) in [6.45, 7) is 2.54. The van der Waals surface area contributed by atoms with Crippen LogP contribution in [-0.4, -0.2) is 24.2 Å². The van der Waals surface area contributed by atoms with Gasteiger partial charge in [-0.25, -0.2) is 13.6 Å². The molecule has 11 heavy (non-hydrogen) atoms. The number of sulfonamides is 1. The van der Waals surface area contributed by atoms with Crippen molar-refractivity contribution in [2.45, 2.75) is 25.0 Å². The summed E-state index contributed by atoms with van der Waals surface area (Å²) in [5, 5.41) is 13.2. The molecule has 1 unspecified atom stereocenters. The second-order valence-electron chi connectivity index (χ2n) is 2.43. The highest BCUT2D eigenvalue weighted by molar-refractivity contribution is 7.91. The molecule has 0 amide bonds. The van der Waals surface area contributed by atoms with Crippen molar-refractivity contribution in [1.82, 2.24) is 0 Å². The van der Waals surface area contributed by atoms with Gasteiger partial charge in [-0.15, -0.1) is 0 Å². The monoisotopic (exact) mass is 181 g/mol. The minimum Gasteiger partial charge on any atom is -0.480 e. The number of hydrogen-bond acceptors (Lipinski definition) is 3. The molecule has 1 atom stereocenters. The van der Waals surface area contributed by atoms with Crippen molar-refractivity contribution >= 4 is 16.0 Å². The van der Waals surface area contributed by atoms with Crippen LogP contribution in [0.5, 0.6) is 0 Å². The highest BCUT2D eigenvalue weighted by Crippen LogP contribution is 2.18. The summed E-state index contributed by atoms with van der Waals surface area (Å²) >= 11 is 0. The molecule has 0 aromatic rings. The molecule has 0 heterocycles. The Bertz CT molecular complexity index is 258. The normalized spacial score (nSPS) is 17.4. The van der Waals surface area contributed by atoms with E-state index in [1.165, 1.54) is 6.92 Å². The quantitative estimate of drug-likeness (QED) is 0.614. The van der Waals surface area contributed by atoms with Crippen LogP contribution >= 0.6 is 0 Å². The Balaban J connectivity index is 5.09. The Kier molecular flexibility index (Phi) is 2.63. The van der Waals surface area contributed by atoms with Crippen LogP contribution in [0.1, 0.15) is 20.3 Å². The molecule has 0 aliphatic heterocycles. The fourth-order valence-corrected chi connectivity index (χ4v) is 1.12. The Morgan fingerprint density at radius 3 is 2.00 bits per heavy atom. The van der Waals surface area contributed by atoms with E-state index in [1.807, 2.05) is 0 Å². The van der Waals surface area contributed by atoms with E-state index < -0.39 is 20.7 Å². The van der Waals surface area contributed by atoms with Crippen LogP contribution in [0.25, 0.3) is 0 Å². The Morgan fingerprint density at radius 2 is 2.00 bits per heavy atom. The molecule has 0 bridgehead atoms. The first kappa shape index (κ1) is 10.4. The lowest BCUT2D eigenvalue weighted by Gasteiger charge is -2.19. The molecule has 0 spiro atoms. The van der Waals surface area contributed by atoms with Gasteiger partial charge in [0.2, 0.25) is 10.0 Å². The average Bonchev–Trinajstić information content (AvgIpc) is 1.83. The zero-order valence-corrected chi connectivity index (χ0v) is 7.18. The summed E-state index contributed by atoms with van der Waals surface area (Å²) < 4.78 is 19.6. The third-order valence-electron chi connectivity index (χ3n) is 1.76. The fourth-order valence-electron chi connectivity index (χ4n) is 0.474. The molecule has 6 heteroatoms. The van der Waals surface area contributed by atoms with Crippen molar-refractivity contribution in [2.24, 2.45) is 5.14 Å². The van der Waals surface area contributed by atoms with Gasteiger partial charge in [-0.2, -0.15) is 0 Å². The van der Waals surface area contributed by atoms with Gasteiger partial charge in [0.15, 0.2) is 4.75 Å². The molecule has 66 valence electrons. The molecule has 0 fully saturated rings. The minimum atomic E-state index is -4.01. The first-order valence-corrected chi connectivity index (χ1v) is 4.56. The molecule has 0 rings (SSSR count). The Hall–Kier alpha value is -0.620. The molecular formula is C5H11NO4S. The van der Waals surface area contributed by atoms with Gasteiger partial charge in [0, 0.05) is 0 Å². The Morgan fingerprint density at radius 1 is 1.64 bits per heavy atom. The van der Waals surface area contributed by atoms with Crippen molar-refractivity contribution in [1.29, 1.82) is 0 Å². The van der Waals surface area contributed by atoms with Crippen molar-refractivity contribution < 1.29 is 18.3 Å². The fraction of sp³-hybridized carbons (Fsp3) is 0.800. The number of hydrogen-bond donors (Lipinski definition) is 2. The molecule has 0 aromatic carbocycles. The minimum absolute atomic E-state index is 0.0405. The Labute approximate surface area is 65.3 Å². The molecule has 0 saturated carbocycles. The molecule has 0 radical (unpaired) electrons. The van der Waals surface area contributed by atoms with Gasteiger partial charge in [-0.1, -0.05) is 6.92 Å². The largest absolute Gasteiger partial charge is 0.480 e. The summed E-state index contributed by atoms with van der Waals surface area (Å²) in [5.41, 5.74) is 0. The number of nitrogens with two attached hydrogens (primary N) is 1. The smallest absolute Gasteiger partial charge is 0.326 e. The predicted molar refractivity (Wildman–Crippen MR) is 39.4 cm³/mol. The molecule has 0 aromatic heterocycles. The maximum absolute atomic E-state index is 10.7. The molecule has 0 aliphatic carbocycles. The van der Waals surface area contributed by atoms with Crippen LogP contribution in [0.3, 0.4) is 0 Å². The standard InChI is InChI=1S/C5H11NO4S/c1-3-5(2,4(7)8)11(6,9)10/h3H2,1-2H3,(H,7,8)(H2,6,9,10). The van der Waals surface area contributed by atoms with E-state index in [-0.39, 0.29) is 6.42 Å². The summed E-state index contributed by atoms with van der Waals surface area (Å²) in [5.74, 6) is -1.41. The van der Waals surface area contributed by atoms with E-state index in [2.05, 4.69) is 0 Å². The van der Waals surface area contributed by atoms with Gasteiger partial charge in [-0.05, 0) is 13.3 Å². The van der Waals surface area contributed by atoms with E-state index in [4.69, 9.17) is 10.2 Å². The van der Waals surface area contributed by atoms with E-state index in [1.54, 1.807) is 0 Å². The van der Waals surface area contributed by atoms with Gasteiger partial charge in [0.25, 0.3) is 0 Å². The lowest BCUT2D eigenvalue weighted by Crippen LogP contribution is -2.46. The molecule has 5 nitrogen and oxygen atoms in total. The molecule has 0 saturated heterocycles. The summed E-state index contributed by atoms with van der Waals surface area (Å²) in [7, 11) is -4.01. The van der Waals surface area contributed by atoms with Gasteiger partial charge in [0.05, 0.1) is 0 Å². The number of carboxylic acid groups (broad SMARTS) is 1. The number of rotatable bonds is 3. The number of carbonyl (C=O) groups is 1. The topological polar surface area (TPSA) is 97.5 Å². The van der Waals surface area contributed by atoms with Gasteiger partial charge >= 0.3 is 5.97 Å². The third kappa shape index (κ3) is 1.69. The average molecular weight is 181 g/mol. The molecule has 3 N–H and O–H groups in total. The van der Waals surface area contributed by atoms with Gasteiger partial charge in [0.1, 0.15) is 0 Å². The summed E-state index contributed by atoms with van der Waals surface area (Å²) in [6.07, 6.45) is -0.0405. The van der Waals surface area contributed by atoms with Gasteiger partial charge in [-0.3, -0.25) is 4.79 Å². The molecule has 0 aliphatic rings. The van der Waals surface area contributed by atoms with Crippen LogP contribution in [0, 0.1) is 0 Å². The van der Waals surface area contributed by atoms with Crippen LogP contribution in [0.4, 0.5) is 0 Å². The van der Waals surface area contributed by atoms with Crippen molar-refractivity contribution in [3.05, 3.63) is 0 Å². The van der Waals surface area contributed by atoms with Crippen LogP contribution in [0.2, 0.25) is 0 Å². The first-order valence-electron chi connectivity index (χ1n) is 3.01. The predicted octanol–water partition coefficient (Wildman–Crippen LogP) is -0.472. The maximum Gasteiger partial charge on any atom is 0.326 e. The van der Waals surface area contributed by atoms with E-state index in [0.29, 0.717) is 0 Å². The maximum atomic E-state index is 10.7. The zero-order chi connectivity index (χ0) is 9.28. The summed E-state index contributed by atoms with van der Waals surface area (Å²) in [4.78, 5) is 10.4. The SMILES string of the molecule is CCC(C)(C(=O)O)S(N)(=O)=O. The number of carboxylic acids is 1. The van der Waals surface area contributed by atoms with Crippen molar-refractivity contribution in [3.8, 4) is 0 Å². The van der Waals surface area contributed by atoms with Crippen molar-refractivity contribution in [3.63, 3.8) is 0 Å². The number of primary sulfonamides is 1. The lowest BCUT2D eigenvalue weighted by molar-refractivity contribution is -0.139. The number of aliphatic carboxylic acids is 1. The van der Waals surface area contributed by atoms with Crippen molar-refractivity contribution in [2.75, 3.05) is 0 Å². The van der Waals surface area contributed by atoms with E-state index in [0.717, 1.165) is 6.92 Å². The van der Waals surface area contributed by atoms with Gasteiger partial charge < -0.3 is 5.11 Å². The van der Waals surface area contributed by atoms with Crippen LogP contribution in [0.15, 0.2) is 0 Å². The highest BCUT2D eigenvalue weighted by Gasteiger charge is 2.42. The highest BCUT2D eigenvalue weighted by atomic mass is 32.2. The zero-order valence-electron chi connectivity index (χ0n) is 6.36. The van der Waals surface area contributed by atoms with Crippen LogP contribution in [-0.2, 0) is 14.8 Å². The molecular weight excluding hydrogens is 170 g/mol. The second kappa shape index (κ2) is 2.78. The second-order valence-corrected chi connectivity index (χ2v) is 4.43. The lowest BCUT2D eigenvalue weighted by atomic mass is 10.1. The first-order chi connectivity index (χ1) is 4.75. The van der Waals surface area contributed by atoms with E-state index >= 15 is 0 Å². The third-order valence-corrected chi connectivity index (χ3v) is 3.47. The van der Waals surface area contributed by atoms with E-state index in [9.17, 15) is 13.2 Å².